The quantitative estimate of drug-likeness (QED) is 0.316. The molecule has 0 fully saturated rings. The van der Waals surface area contributed by atoms with Crippen LogP contribution in [0.25, 0.3) is 0 Å². The Balaban J connectivity index is 0.00000576. The van der Waals surface area contributed by atoms with Gasteiger partial charge in [0.05, 0.1) is 12.1 Å². The van der Waals surface area contributed by atoms with Gasteiger partial charge in [0.1, 0.15) is 0 Å². The van der Waals surface area contributed by atoms with Gasteiger partial charge < -0.3 is 20.7 Å². The van der Waals surface area contributed by atoms with E-state index in [-0.39, 0.29) is 35.5 Å². The Kier molecular flexibility index (Phi) is 11.4. The maximum atomic E-state index is 11.0. The van der Waals surface area contributed by atoms with Gasteiger partial charge in [-0.2, -0.15) is 0 Å². The third kappa shape index (κ3) is 10.3. The molecule has 0 aliphatic heterocycles. The Bertz CT molecular complexity index is 545. The molecule has 7 heteroatoms. The average Bonchev–Trinajstić information content (AvgIpc) is 2.54. The number of nitrogens with zero attached hydrogens (tertiary/aromatic N) is 1. The number of benzene rings is 1. The molecule has 3 N–H and O–H groups in total. The highest BCUT2D eigenvalue weighted by Crippen LogP contribution is 2.10. The van der Waals surface area contributed by atoms with E-state index in [1.54, 1.807) is 7.11 Å². The van der Waals surface area contributed by atoms with E-state index in [4.69, 9.17) is 4.74 Å². The van der Waals surface area contributed by atoms with E-state index in [2.05, 4.69) is 20.9 Å². The van der Waals surface area contributed by atoms with Crippen molar-refractivity contribution in [3.63, 3.8) is 0 Å². The van der Waals surface area contributed by atoms with Crippen LogP contribution in [0, 0.1) is 0 Å². The molecule has 0 radical (unpaired) electrons. The van der Waals surface area contributed by atoms with E-state index in [9.17, 15) is 4.79 Å². The number of carbonyl (C=O) groups excluding carboxylic acids is 1. The van der Waals surface area contributed by atoms with Crippen LogP contribution in [0.2, 0.25) is 0 Å². The maximum absolute atomic E-state index is 11.0. The second-order valence-corrected chi connectivity index (χ2v) is 6.21. The van der Waals surface area contributed by atoms with E-state index in [0.29, 0.717) is 6.54 Å². The fourth-order valence-corrected chi connectivity index (χ4v) is 1.96. The molecule has 1 aromatic carbocycles. The first-order valence-electron chi connectivity index (χ1n) is 8.30. The molecule has 0 atom stereocenters. The van der Waals surface area contributed by atoms with Crippen molar-refractivity contribution in [3.8, 4) is 0 Å². The number of rotatable bonds is 8. The summed E-state index contributed by atoms with van der Waals surface area (Å²) in [6.07, 6.45) is 0.873. The molecule has 0 unspecified atom stereocenters. The summed E-state index contributed by atoms with van der Waals surface area (Å²) in [7, 11) is 1.69. The predicted octanol–water partition coefficient (Wildman–Crippen LogP) is 2.79. The zero-order valence-electron chi connectivity index (χ0n) is 15.8. The first-order chi connectivity index (χ1) is 11.4. The van der Waals surface area contributed by atoms with Crippen LogP contribution in [0.5, 0.6) is 0 Å². The molecular weight excluding hydrogens is 431 g/mol. The fourth-order valence-electron chi connectivity index (χ4n) is 1.96. The smallest absolute Gasteiger partial charge is 0.221 e. The number of hydrogen-bond acceptors (Lipinski definition) is 3. The van der Waals surface area contributed by atoms with Crippen LogP contribution in [0.1, 0.15) is 33.3 Å². The van der Waals surface area contributed by atoms with Crippen molar-refractivity contribution in [2.24, 2.45) is 4.99 Å². The average molecular weight is 462 g/mol. The third-order valence-corrected chi connectivity index (χ3v) is 3.50. The molecule has 1 aromatic rings. The van der Waals surface area contributed by atoms with E-state index >= 15 is 0 Å². The van der Waals surface area contributed by atoms with Gasteiger partial charge in [-0.25, -0.2) is 0 Å². The Hall–Kier alpha value is -1.35. The Labute approximate surface area is 168 Å². The normalized spacial score (nSPS) is 11.5. The van der Waals surface area contributed by atoms with Gasteiger partial charge in [0.25, 0.3) is 0 Å². The van der Waals surface area contributed by atoms with Gasteiger partial charge >= 0.3 is 0 Å². The van der Waals surface area contributed by atoms with Gasteiger partial charge in [0, 0.05) is 32.8 Å². The summed E-state index contributed by atoms with van der Waals surface area (Å²) < 4.78 is 5.39. The molecule has 142 valence electrons. The number of carbonyl (C=O) groups is 1. The van der Waals surface area contributed by atoms with Crippen LogP contribution in [0.15, 0.2) is 29.3 Å². The number of guanidine groups is 1. The van der Waals surface area contributed by atoms with Crippen LogP contribution >= 0.6 is 24.0 Å². The standard InChI is InChI=1S/C18H30N4O2.HI/c1-6-19-17(21-13-18(3,4)24-5)20-12-11-15-7-9-16(10-8-15)22-14(2)23;/h7-10H,6,11-13H2,1-5H3,(H,22,23)(H2,19,20,21);1H. The molecule has 0 bridgehead atoms. The van der Waals surface area contributed by atoms with Crippen LogP contribution in [0.4, 0.5) is 5.69 Å². The summed E-state index contributed by atoms with van der Waals surface area (Å²) in [5, 5.41) is 9.32. The van der Waals surface area contributed by atoms with Crippen LogP contribution < -0.4 is 16.0 Å². The van der Waals surface area contributed by atoms with Crippen LogP contribution in [-0.2, 0) is 16.0 Å². The summed E-state index contributed by atoms with van der Waals surface area (Å²) in [6.45, 7) is 9.74. The summed E-state index contributed by atoms with van der Waals surface area (Å²) >= 11 is 0. The van der Waals surface area contributed by atoms with Crippen LogP contribution in [0.3, 0.4) is 0 Å². The topological polar surface area (TPSA) is 74.8 Å². The minimum absolute atomic E-state index is 0. The highest BCUT2D eigenvalue weighted by Gasteiger charge is 2.15. The fraction of sp³-hybridized carbons (Fsp3) is 0.556. The van der Waals surface area contributed by atoms with E-state index in [0.717, 1.165) is 31.2 Å². The van der Waals surface area contributed by atoms with Crippen molar-refractivity contribution >= 4 is 41.5 Å². The van der Waals surface area contributed by atoms with Crippen molar-refractivity contribution in [1.29, 1.82) is 0 Å². The van der Waals surface area contributed by atoms with Crippen molar-refractivity contribution < 1.29 is 9.53 Å². The number of nitrogens with one attached hydrogen (secondary N) is 3. The molecule has 1 rings (SSSR count). The molecule has 0 aliphatic rings. The van der Waals surface area contributed by atoms with Gasteiger partial charge in [-0.3, -0.25) is 9.79 Å². The predicted molar refractivity (Wildman–Crippen MR) is 115 cm³/mol. The Morgan fingerprint density at radius 3 is 2.36 bits per heavy atom. The number of halogens is 1. The molecule has 0 saturated carbocycles. The molecule has 0 aromatic heterocycles. The lowest BCUT2D eigenvalue weighted by molar-refractivity contribution is -0.114. The Morgan fingerprint density at radius 2 is 1.84 bits per heavy atom. The van der Waals surface area contributed by atoms with Crippen molar-refractivity contribution in [2.45, 2.75) is 39.7 Å². The molecule has 0 spiro atoms. The lowest BCUT2D eigenvalue weighted by Gasteiger charge is -2.21. The minimum Gasteiger partial charge on any atom is -0.377 e. The number of hydrogen-bond donors (Lipinski definition) is 3. The monoisotopic (exact) mass is 462 g/mol. The second-order valence-electron chi connectivity index (χ2n) is 6.21. The zero-order valence-corrected chi connectivity index (χ0v) is 18.1. The number of anilines is 1. The zero-order chi connectivity index (χ0) is 18.0. The van der Waals surface area contributed by atoms with Gasteiger partial charge in [0.2, 0.25) is 5.91 Å². The van der Waals surface area contributed by atoms with Gasteiger partial charge in [-0.1, -0.05) is 12.1 Å². The molecule has 25 heavy (non-hydrogen) atoms. The third-order valence-electron chi connectivity index (χ3n) is 3.50. The SMILES string of the molecule is CCNC(=NCC(C)(C)OC)NCCc1ccc(NC(C)=O)cc1.I. The van der Waals surface area contributed by atoms with Crippen molar-refractivity contribution in [1.82, 2.24) is 10.6 Å². The molecule has 0 heterocycles. The highest BCUT2D eigenvalue weighted by molar-refractivity contribution is 14.0. The molecule has 1 amide bonds. The number of aliphatic imine (C=N–C) groups is 1. The second kappa shape index (κ2) is 12.1. The summed E-state index contributed by atoms with van der Waals surface area (Å²) in [5.74, 6) is 0.729. The summed E-state index contributed by atoms with van der Waals surface area (Å²) in [4.78, 5) is 15.6. The number of ether oxygens (including phenoxy) is 1. The largest absolute Gasteiger partial charge is 0.377 e. The van der Waals surface area contributed by atoms with E-state index < -0.39 is 0 Å². The maximum Gasteiger partial charge on any atom is 0.221 e. The molecule has 6 nitrogen and oxygen atoms in total. The Morgan fingerprint density at radius 1 is 1.20 bits per heavy atom. The molecule has 0 aliphatic carbocycles. The van der Waals surface area contributed by atoms with Crippen molar-refractivity contribution in [3.05, 3.63) is 29.8 Å². The molecular formula is C18H31IN4O2. The lowest BCUT2D eigenvalue weighted by atomic mass is 10.1. The lowest BCUT2D eigenvalue weighted by Crippen LogP contribution is -2.40. The molecule has 0 saturated heterocycles. The van der Waals surface area contributed by atoms with Gasteiger partial charge in [-0.15, -0.1) is 24.0 Å². The van der Waals surface area contributed by atoms with E-state index in [1.165, 1.54) is 12.5 Å². The van der Waals surface area contributed by atoms with E-state index in [1.807, 2.05) is 45.0 Å². The number of amides is 1. The number of methoxy groups -OCH3 is 1. The van der Waals surface area contributed by atoms with Gasteiger partial charge in [0.15, 0.2) is 5.96 Å². The summed E-state index contributed by atoms with van der Waals surface area (Å²) in [5.41, 5.74) is 1.74. The minimum atomic E-state index is -0.276. The van der Waals surface area contributed by atoms with Gasteiger partial charge in [-0.05, 0) is 44.9 Å². The first-order valence-corrected chi connectivity index (χ1v) is 8.30. The highest BCUT2D eigenvalue weighted by atomic mass is 127. The van der Waals surface area contributed by atoms with Crippen molar-refractivity contribution in [2.75, 3.05) is 32.1 Å². The first kappa shape index (κ1) is 23.6. The summed E-state index contributed by atoms with van der Waals surface area (Å²) in [6, 6.07) is 7.87. The van der Waals surface area contributed by atoms with Crippen LogP contribution in [-0.4, -0.2) is 44.2 Å².